The normalized spacial score (nSPS) is 12.1. The second-order valence-corrected chi connectivity index (χ2v) is 6.86. The van der Waals surface area contributed by atoms with Crippen LogP contribution in [0, 0.1) is 10.1 Å². The summed E-state index contributed by atoms with van der Waals surface area (Å²) >= 11 is 6.15. The molecule has 2 aromatic carbocycles. The largest absolute Gasteiger partial charge is 0.471 e. The minimum Gasteiger partial charge on any atom is -0.471 e. The van der Waals surface area contributed by atoms with E-state index in [1.165, 1.54) is 19.1 Å². The average molecular weight is 461 g/mol. The minimum atomic E-state index is -1.14. The highest BCUT2D eigenvalue weighted by Crippen LogP contribution is 2.36. The lowest BCUT2D eigenvalue weighted by molar-refractivity contribution is -0.386. The van der Waals surface area contributed by atoms with Crippen LogP contribution in [0.1, 0.15) is 19.4 Å². The Kier molecular flexibility index (Phi) is 6.69. The Morgan fingerprint density at radius 1 is 1.34 bits per heavy atom. The number of H-pyrrole nitrogens is 1. The number of carbonyl (C=O) groups is 1. The van der Waals surface area contributed by atoms with Gasteiger partial charge in [0.2, 0.25) is 5.75 Å². The summed E-state index contributed by atoms with van der Waals surface area (Å²) in [6.45, 7) is 3.09. The van der Waals surface area contributed by atoms with Crippen molar-refractivity contribution in [1.82, 2.24) is 9.66 Å². The number of benzene rings is 2. The predicted molar refractivity (Wildman–Crippen MR) is 117 cm³/mol. The van der Waals surface area contributed by atoms with E-state index in [1.807, 2.05) is 0 Å². The lowest BCUT2D eigenvalue weighted by Crippen LogP contribution is -2.32. The molecule has 11 nitrogen and oxygen atoms in total. The average Bonchev–Trinajstić information content (AvgIpc) is 2.75. The summed E-state index contributed by atoms with van der Waals surface area (Å²) < 4.78 is 10.8. The van der Waals surface area contributed by atoms with Gasteiger partial charge in [0.25, 0.3) is 5.56 Å². The number of hydrogen-bond donors (Lipinski definition) is 1. The molecule has 0 amide bonds. The van der Waals surface area contributed by atoms with Gasteiger partial charge in [0, 0.05) is 11.6 Å². The fourth-order valence-corrected chi connectivity index (χ4v) is 3.06. The minimum absolute atomic E-state index is 0.116. The Hall–Kier alpha value is -3.99. The first kappa shape index (κ1) is 22.7. The van der Waals surface area contributed by atoms with Gasteiger partial charge in [-0.05, 0) is 32.0 Å². The Morgan fingerprint density at radius 3 is 2.75 bits per heavy atom. The molecule has 166 valence electrons. The zero-order valence-electron chi connectivity index (χ0n) is 16.9. The standard InChI is InChI=1S/C20H17ClN4O7/c1-3-31-19(27)11(2)32-17-14(21)8-12(9-16(17)25(29)30)10-22-24-18(26)13-6-4-5-7-15(13)23-20(24)28/h4-11H,3H2,1-2H3,(H,23,28)/t11-/m0/s1. The van der Waals surface area contributed by atoms with E-state index in [2.05, 4.69) is 10.1 Å². The first-order chi connectivity index (χ1) is 15.2. The molecule has 3 aromatic rings. The predicted octanol–water partition coefficient (Wildman–Crippen LogP) is 2.46. The number of aromatic nitrogens is 2. The number of esters is 1. The SMILES string of the molecule is CCOC(=O)[C@H](C)Oc1c(Cl)cc(C=Nn2c(=O)[nH]c3ccccc3c2=O)cc1[N+](=O)[O-]. The van der Waals surface area contributed by atoms with Gasteiger partial charge in [-0.2, -0.15) is 5.10 Å². The van der Waals surface area contributed by atoms with Gasteiger partial charge in [-0.1, -0.05) is 23.7 Å². The van der Waals surface area contributed by atoms with Gasteiger partial charge in [-0.15, -0.1) is 4.68 Å². The van der Waals surface area contributed by atoms with Crippen LogP contribution >= 0.6 is 11.6 Å². The van der Waals surface area contributed by atoms with Crippen molar-refractivity contribution in [1.29, 1.82) is 0 Å². The van der Waals surface area contributed by atoms with E-state index in [9.17, 15) is 24.5 Å². The highest BCUT2D eigenvalue weighted by molar-refractivity contribution is 6.32. The molecule has 0 radical (unpaired) electrons. The molecular formula is C20H17ClN4O7. The lowest BCUT2D eigenvalue weighted by Gasteiger charge is -2.14. The molecule has 3 rings (SSSR count). The molecule has 0 bridgehead atoms. The maximum atomic E-state index is 12.5. The Bertz CT molecular complexity index is 1350. The number of nitrogens with one attached hydrogen (secondary N) is 1. The van der Waals surface area contributed by atoms with Crippen molar-refractivity contribution in [2.24, 2.45) is 5.10 Å². The number of nitrogens with zero attached hydrogens (tertiary/aromatic N) is 3. The maximum Gasteiger partial charge on any atom is 0.349 e. The van der Waals surface area contributed by atoms with Gasteiger partial charge in [0.05, 0.1) is 33.7 Å². The molecule has 0 aliphatic heterocycles. The molecule has 1 aromatic heterocycles. The number of para-hydroxylation sites is 1. The molecule has 0 saturated heterocycles. The van der Waals surface area contributed by atoms with Crippen LogP contribution in [0.15, 0.2) is 51.1 Å². The van der Waals surface area contributed by atoms with Crippen molar-refractivity contribution in [2.75, 3.05) is 6.61 Å². The fraction of sp³-hybridized carbons (Fsp3) is 0.200. The van der Waals surface area contributed by atoms with E-state index >= 15 is 0 Å². The van der Waals surface area contributed by atoms with Crippen LogP contribution in [0.4, 0.5) is 5.69 Å². The topological polar surface area (TPSA) is 146 Å². The summed E-state index contributed by atoms with van der Waals surface area (Å²) in [6.07, 6.45) is -0.0662. The van der Waals surface area contributed by atoms with E-state index in [-0.39, 0.29) is 28.3 Å². The van der Waals surface area contributed by atoms with Crippen LogP contribution in [-0.2, 0) is 9.53 Å². The van der Waals surface area contributed by atoms with Gasteiger partial charge in [0.15, 0.2) is 6.10 Å². The quantitative estimate of drug-likeness (QED) is 0.246. The molecule has 32 heavy (non-hydrogen) atoms. The number of carbonyl (C=O) groups excluding carboxylic acids is 1. The molecule has 12 heteroatoms. The summed E-state index contributed by atoms with van der Waals surface area (Å²) in [6, 6.07) is 8.77. The zero-order valence-corrected chi connectivity index (χ0v) is 17.7. The first-order valence-electron chi connectivity index (χ1n) is 9.32. The summed E-state index contributed by atoms with van der Waals surface area (Å²) in [5, 5.41) is 15.4. The lowest BCUT2D eigenvalue weighted by atomic mass is 10.2. The smallest absolute Gasteiger partial charge is 0.349 e. The summed E-state index contributed by atoms with van der Waals surface area (Å²) in [5.41, 5.74) is -1.50. The van der Waals surface area contributed by atoms with Crippen LogP contribution in [0.2, 0.25) is 5.02 Å². The second-order valence-electron chi connectivity index (χ2n) is 6.46. The third-order valence-corrected chi connectivity index (χ3v) is 4.54. The van der Waals surface area contributed by atoms with Crippen molar-refractivity contribution < 1.29 is 19.2 Å². The van der Waals surface area contributed by atoms with Crippen LogP contribution in [0.3, 0.4) is 0 Å². The highest BCUT2D eigenvalue weighted by atomic mass is 35.5. The molecular weight excluding hydrogens is 444 g/mol. The summed E-state index contributed by atoms with van der Waals surface area (Å²) in [7, 11) is 0. The number of halogens is 1. The van der Waals surface area contributed by atoms with Crippen LogP contribution in [0.5, 0.6) is 5.75 Å². The first-order valence-corrected chi connectivity index (χ1v) is 9.70. The van der Waals surface area contributed by atoms with Gasteiger partial charge in [-0.25, -0.2) is 9.59 Å². The third kappa shape index (κ3) is 4.67. The number of aromatic amines is 1. The Morgan fingerprint density at radius 2 is 2.06 bits per heavy atom. The summed E-state index contributed by atoms with van der Waals surface area (Å²) in [5.74, 6) is -1.03. The van der Waals surface area contributed by atoms with Crippen LogP contribution in [-0.4, -0.2) is 39.5 Å². The van der Waals surface area contributed by atoms with Crippen molar-refractivity contribution >= 4 is 40.4 Å². The monoisotopic (exact) mass is 460 g/mol. The van der Waals surface area contributed by atoms with Crippen molar-refractivity contribution in [3.8, 4) is 5.75 Å². The van der Waals surface area contributed by atoms with Crippen molar-refractivity contribution in [3.05, 3.63) is 77.9 Å². The number of fused-ring (bicyclic) bond motifs is 1. The summed E-state index contributed by atoms with van der Waals surface area (Å²) in [4.78, 5) is 49.8. The third-order valence-electron chi connectivity index (χ3n) is 4.26. The molecule has 0 saturated carbocycles. The highest BCUT2D eigenvalue weighted by Gasteiger charge is 2.25. The Labute approximate surface area is 185 Å². The molecule has 0 fully saturated rings. The molecule has 0 unspecified atom stereocenters. The number of nitro groups is 1. The molecule has 1 heterocycles. The van der Waals surface area contributed by atoms with Crippen molar-refractivity contribution in [3.63, 3.8) is 0 Å². The second kappa shape index (κ2) is 9.43. The van der Waals surface area contributed by atoms with Crippen LogP contribution in [0.25, 0.3) is 10.9 Å². The molecule has 1 atom stereocenters. The van der Waals surface area contributed by atoms with Crippen molar-refractivity contribution in [2.45, 2.75) is 20.0 Å². The molecule has 1 N–H and O–H groups in total. The molecule has 0 spiro atoms. The van der Waals surface area contributed by atoms with E-state index in [4.69, 9.17) is 21.1 Å². The number of rotatable bonds is 7. The number of ether oxygens (including phenoxy) is 2. The van der Waals surface area contributed by atoms with Crippen LogP contribution < -0.4 is 16.0 Å². The van der Waals surface area contributed by atoms with E-state index < -0.39 is 33.9 Å². The van der Waals surface area contributed by atoms with E-state index in [0.29, 0.717) is 10.2 Å². The van der Waals surface area contributed by atoms with Gasteiger partial charge in [-0.3, -0.25) is 14.9 Å². The Balaban J connectivity index is 2.00. The van der Waals surface area contributed by atoms with Gasteiger partial charge < -0.3 is 14.5 Å². The van der Waals surface area contributed by atoms with E-state index in [0.717, 1.165) is 12.3 Å². The zero-order chi connectivity index (χ0) is 23.4. The molecule has 0 aliphatic rings. The maximum absolute atomic E-state index is 12.5. The molecule has 0 aliphatic carbocycles. The van der Waals surface area contributed by atoms with Gasteiger partial charge in [0.1, 0.15) is 0 Å². The van der Waals surface area contributed by atoms with E-state index in [1.54, 1.807) is 25.1 Å². The fourth-order valence-electron chi connectivity index (χ4n) is 2.79. The number of hydrogen-bond acceptors (Lipinski definition) is 8. The van der Waals surface area contributed by atoms with Gasteiger partial charge >= 0.3 is 17.3 Å². The number of nitro benzene ring substituents is 1.